The van der Waals surface area contributed by atoms with Gasteiger partial charge < -0.3 is 10.9 Å². The van der Waals surface area contributed by atoms with Crippen molar-refractivity contribution >= 4 is 16.0 Å². The van der Waals surface area contributed by atoms with Gasteiger partial charge >= 0.3 is 0 Å². The maximum atomic E-state index is 11.9. The van der Waals surface area contributed by atoms with Crippen molar-refractivity contribution in [2.45, 2.75) is 32.1 Å². The summed E-state index contributed by atoms with van der Waals surface area (Å²) in [5, 5.41) is 11.1. The van der Waals surface area contributed by atoms with Gasteiger partial charge in [-0.3, -0.25) is 0 Å². The van der Waals surface area contributed by atoms with Crippen molar-refractivity contribution in [1.29, 1.82) is 0 Å². The average molecular weight is 264 g/mol. The third kappa shape index (κ3) is 4.88. The largest absolute Gasteiger partial charge is 0.409 e. The molecule has 0 aliphatic carbocycles. The lowest BCUT2D eigenvalue weighted by Gasteiger charge is -2.20. The first-order chi connectivity index (χ1) is 8.06. The van der Waals surface area contributed by atoms with Crippen LogP contribution in [0.25, 0.3) is 0 Å². The van der Waals surface area contributed by atoms with Gasteiger partial charge in [-0.2, -0.15) is 12.7 Å². The molecule has 0 aromatic carbocycles. The molecule has 0 amide bonds. The molecular formula is C9H20N4O3S. The molecule has 1 aliphatic heterocycles. The maximum Gasteiger partial charge on any atom is 0.279 e. The molecule has 0 bridgehead atoms. The van der Waals surface area contributed by atoms with Gasteiger partial charge in [-0.05, 0) is 12.8 Å². The van der Waals surface area contributed by atoms with Crippen molar-refractivity contribution in [3.63, 3.8) is 0 Å². The number of rotatable bonds is 5. The van der Waals surface area contributed by atoms with Crippen molar-refractivity contribution in [3.05, 3.63) is 0 Å². The first kappa shape index (κ1) is 14.2. The van der Waals surface area contributed by atoms with E-state index in [0.717, 1.165) is 25.7 Å². The van der Waals surface area contributed by atoms with Gasteiger partial charge in [-0.1, -0.05) is 18.0 Å². The summed E-state index contributed by atoms with van der Waals surface area (Å²) >= 11 is 0. The van der Waals surface area contributed by atoms with Crippen molar-refractivity contribution in [2.24, 2.45) is 10.9 Å². The number of nitrogens with zero attached hydrogens (tertiary/aromatic N) is 2. The highest BCUT2D eigenvalue weighted by Crippen LogP contribution is 2.12. The van der Waals surface area contributed by atoms with Gasteiger partial charge in [0.1, 0.15) is 5.84 Å². The lowest BCUT2D eigenvalue weighted by molar-refractivity contribution is 0.317. The minimum absolute atomic E-state index is 0.0172. The Hall–Kier alpha value is -0.860. The van der Waals surface area contributed by atoms with Gasteiger partial charge in [0, 0.05) is 26.1 Å². The van der Waals surface area contributed by atoms with Crippen LogP contribution in [-0.2, 0) is 10.2 Å². The number of oxime groups is 1. The van der Waals surface area contributed by atoms with Crippen molar-refractivity contribution in [3.8, 4) is 0 Å². The molecule has 1 fully saturated rings. The third-order valence-corrected chi connectivity index (χ3v) is 4.31. The van der Waals surface area contributed by atoms with E-state index in [2.05, 4.69) is 9.88 Å². The number of hydrogen-bond donors (Lipinski definition) is 3. The highest BCUT2D eigenvalue weighted by atomic mass is 32.2. The lowest BCUT2D eigenvalue weighted by Crippen LogP contribution is -2.42. The van der Waals surface area contributed by atoms with Crippen molar-refractivity contribution in [2.75, 3.05) is 19.6 Å². The predicted octanol–water partition coefficient (Wildman–Crippen LogP) is -0.167. The second kappa shape index (κ2) is 6.77. The number of amidine groups is 1. The van der Waals surface area contributed by atoms with E-state index in [1.54, 1.807) is 0 Å². The summed E-state index contributed by atoms with van der Waals surface area (Å²) in [7, 11) is -3.42. The Morgan fingerprint density at radius 1 is 1.29 bits per heavy atom. The molecule has 1 aliphatic rings. The standard InChI is InChI=1S/C9H20N4O3S/c10-9(12-14)5-6-11-17(15,16)13-7-3-1-2-4-8-13/h11,14H,1-8H2,(H2,10,12). The van der Waals surface area contributed by atoms with E-state index in [1.807, 2.05) is 0 Å². The molecule has 1 saturated heterocycles. The van der Waals surface area contributed by atoms with Gasteiger partial charge in [0.2, 0.25) is 0 Å². The van der Waals surface area contributed by atoms with Crippen molar-refractivity contribution < 1.29 is 13.6 Å². The molecule has 0 aromatic heterocycles. The van der Waals surface area contributed by atoms with Crippen LogP contribution in [-0.4, -0.2) is 43.4 Å². The minimum atomic E-state index is -3.42. The molecule has 0 aromatic rings. The quantitative estimate of drug-likeness (QED) is 0.277. The molecule has 0 atom stereocenters. The van der Waals surface area contributed by atoms with Crippen LogP contribution in [0.15, 0.2) is 5.16 Å². The maximum absolute atomic E-state index is 11.9. The van der Waals surface area contributed by atoms with E-state index in [1.165, 1.54) is 4.31 Å². The normalized spacial score (nSPS) is 20.1. The molecule has 100 valence electrons. The molecular weight excluding hydrogens is 244 g/mol. The zero-order valence-corrected chi connectivity index (χ0v) is 10.6. The van der Waals surface area contributed by atoms with E-state index >= 15 is 0 Å². The first-order valence-electron chi connectivity index (χ1n) is 5.77. The van der Waals surface area contributed by atoms with Gasteiger partial charge in [-0.15, -0.1) is 0 Å². The van der Waals surface area contributed by atoms with Gasteiger partial charge in [0.25, 0.3) is 10.2 Å². The molecule has 7 nitrogen and oxygen atoms in total. The summed E-state index contributed by atoms with van der Waals surface area (Å²) in [6.45, 7) is 1.28. The smallest absolute Gasteiger partial charge is 0.279 e. The Morgan fingerprint density at radius 3 is 2.41 bits per heavy atom. The van der Waals surface area contributed by atoms with Crippen LogP contribution >= 0.6 is 0 Å². The van der Waals surface area contributed by atoms with Crippen LogP contribution in [0.2, 0.25) is 0 Å². The van der Waals surface area contributed by atoms with Gasteiger partial charge in [0.15, 0.2) is 0 Å². The summed E-state index contributed by atoms with van der Waals surface area (Å²) in [4.78, 5) is 0. The molecule has 0 spiro atoms. The summed E-state index contributed by atoms with van der Waals surface area (Å²) in [6.07, 6.45) is 4.16. The van der Waals surface area contributed by atoms with Crippen LogP contribution < -0.4 is 10.5 Å². The SMILES string of the molecule is NC(CCNS(=O)(=O)N1CCCCCC1)=NO. The lowest BCUT2D eigenvalue weighted by atomic mass is 10.2. The van der Waals surface area contributed by atoms with E-state index in [4.69, 9.17) is 10.9 Å². The van der Waals surface area contributed by atoms with E-state index in [9.17, 15) is 8.42 Å². The average Bonchev–Trinajstić information content (AvgIpc) is 2.57. The molecule has 4 N–H and O–H groups in total. The van der Waals surface area contributed by atoms with Crippen LogP contribution in [0.1, 0.15) is 32.1 Å². The summed E-state index contributed by atoms with van der Waals surface area (Å²) in [5.41, 5.74) is 5.26. The zero-order chi connectivity index (χ0) is 12.7. The Morgan fingerprint density at radius 2 is 1.88 bits per heavy atom. The first-order valence-corrected chi connectivity index (χ1v) is 7.21. The zero-order valence-electron chi connectivity index (χ0n) is 9.80. The van der Waals surface area contributed by atoms with Crippen LogP contribution in [0.5, 0.6) is 0 Å². The predicted molar refractivity (Wildman–Crippen MR) is 65.0 cm³/mol. The molecule has 0 saturated carbocycles. The summed E-state index contributed by atoms with van der Waals surface area (Å²) in [6, 6.07) is 0. The highest BCUT2D eigenvalue weighted by Gasteiger charge is 2.22. The summed E-state index contributed by atoms with van der Waals surface area (Å²) < 4.78 is 27.7. The van der Waals surface area contributed by atoms with Gasteiger partial charge in [-0.25, -0.2) is 4.72 Å². The van der Waals surface area contributed by atoms with E-state index in [0.29, 0.717) is 13.1 Å². The Labute approximate surface area is 102 Å². The molecule has 1 heterocycles. The van der Waals surface area contributed by atoms with Crippen LogP contribution in [0, 0.1) is 0 Å². The molecule has 1 rings (SSSR count). The minimum Gasteiger partial charge on any atom is -0.409 e. The number of nitrogens with two attached hydrogens (primary N) is 1. The second-order valence-corrected chi connectivity index (χ2v) is 5.81. The molecule has 8 heteroatoms. The van der Waals surface area contributed by atoms with E-state index < -0.39 is 10.2 Å². The van der Waals surface area contributed by atoms with Crippen LogP contribution in [0.4, 0.5) is 0 Å². The van der Waals surface area contributed by atoms with Crippen molar-refractivity contribution in [1.82, 2.24) is 9.03 Å². The second-order valence-electron chi connectivity index (χ2n) is 4.05. The van der Waals surface area contributed by atoms with E-state index in [-0.39, 0.29) is 18.8 Å². The Kier molecular flexibility index (Phi) is 5.66. The Balaban J connectivity index is 2.43. The fourth-order valence-electron chi connectivity index (χ4n) is 1.73. The molecule has 17 heavy (non-hydrogen) atoms. The molecule has 0 unspecified atom stereocenters. The number of hydrogen-bond acceptors (Lipinski definition) is 4. The van der Waals surface area contributed by atoms with Gasteiger partial charge in [0.05, 0.1) is 0 Å². The van der Waals surface area contributed by atoms with Crippen LogP contribution in [0.3, 0.4) is 0 Å². The fraction of sp³-hybridized carbons (Fsp3) is 0.889. The molecule has 0 radical (unpaired) electrons. The topological polar surface area (TPSA) is 108 Å². The highest BCUT2D eigenvalue weighted by molar-refractivity contribution is 7.87. The summed E-state index contributed by atoms with van der Waals surface area (Å²) in [5.74, 6) is 0.0172. The monoisotopic (exact) mass is 264 g/mol. The number of nitrogens with one attached hydrogen (secondary N) is 1. The third-order valence-electron chi connectivity index (χ3n) is 2.70. The fourth-order valence-corrected chi connectivity index (χ4v) is 3.01. The Bertz CT molecular complexity index is 347.